The predicted octanol–water partition coefficient (Wildman–Crippen LogP) is 0.905. The Morgan fingerprint density at radius 2 is 1.90 bits per heavy atom. The van der Waals surface area contributed by atoms with Gasteiger partial charge in [-0.25, -0.2) is 0 Å². The molecule has 0 aromatic heterocycles. The second-order valence-electron chi connectivity index (χ2n) is 5.02. The van der Waals surface area contributed by atoms with Crippen LogP contribution in [0.1, 0.15) is 5.56 Å². The van der Waals surface area contributed by atoms with Crippen LogP contribution >= 0.6 is 0 Å². The zero-order valence-electron chi connectivity index (χ0n) is 11.7. The molecule has 2 heterocycles. The molecule has 0 bridgehead atoms. The van der Waals surface area contributed by atoms with Crippen LogP contribution in [0.15, 0.2) is 17.2 Å². The van der Waals surface area contributed by atoms with Crippen molar-refractivity contribution in [2.24, 2.45) is 5.10 Å². The van der Waals surface area contributed by atoms with Crippen molar-refractivity contribution in [1.29, 1.82) is 0 Å². The van der Waals surface area contributed by atoms with Gasteiger partial charge in [0, 0.05) is 26.2 Å². The van der Waals surface area contributed by atoms with Crippen LogP contribution in [-0.2, 0) is 0 Å². The van der Waals surface area contributed by atoms with E-state index in [4.69, 9.17) is 9.47 Å². The van der Waals surface area contributed by atoms with Gasteiger partial charge in [-0.1, -0.05) is 0 Å². The molecule has 112 valence electrons. The summed E-state index contributed by atoms with van der Waals surface area (Å²) in [4.78, 5) is 12.9. The van der Waals surface area contributed by atoms with Gasteiger partial charge in [-0.2, -0.15) is 5.10 Å². The minimum absolute atomic E-state index is 0.0304. The molecular weight excluding hydrogens is 276 g/mol. The molecule has 0 amide bonds. The van der Waals surface area contributed by atoms with E-state index in [0.29, 0.717) is 17.1 Å². The van der Waals surface area contributed by atoms with E-state index < -0.39 is 4.92 Å². The second-order valence-corrected chi connectivity index (χ2v) is 5.02. The molecule has 0 N–H and O–H groups in total. The lowest BCUT2D eigenvalue weighted by molar-refractivity contribution is -0.385. The third-order valence-corrected chi connectivity index (χ3v) is 3.56. The summed E-state index contributed by atoms with van der Waals surface area (Å²) in [5.74, 6) is 0.916. The van der Waals surface area contributed by atoms with E-state index in [1.807, 2.05) is 5.01 Å². The highest BCUT2D eigenvalue weighted by Gasteiger charge is 2.22. The Hall–Kier alpha value is -2.35. The van der Waals surface area contributed by atoms with Crippen molar-refractivity contribution in [3.8, 4) is 11.5 Å². The van der Waals surface area contributed by atoms with Gasteiger partial charge in [-0.15, -0.1) is 0 Å². The molecule has 8 nitrogen and oxygen atoms in total. The van der Waals surface area contributed by atoms with Crippen molar-refractivity contribution in [1.82, 2.24) is 9.91 Å². The van der Waals surface area contributed by atoms with Crippen molar-refractivity contribution in [3.05, 3.63) is 27.8 Å². The molecule has 21 heavy (non-hydrogen) atoms. The standard InChI is InChI=1S/C13H16N4O4/c1-15-2-4-16(5-3-15)14-8-10-6-12-13(21-9-20-12)7-11(10)17(18)19/h6-8H,2-5,9H2,1H3. The fraction of sp³-hybridized carbons (Fsp3) is 0.462. The van der Waals surface area contributed by atoms with E-state index in [9.17, 15) is 10.1 Å². The molecule has 1 saturated heterocycles. The van der Waals surface area contributed by atoms with E-state index in [2.05, 4.69) is 17.0 Å². The first-order chi connectivity index (χ1) is 10.1. The van der Waals surface area contributed by atoms with E-state index >= 15 is 0 Å². The van der Waals surface area contributed by atoms with Gasteiger partial charge >= 0.3 is 0 Å². The molecule has 0 atom stereocenters. The third-order valence-electron chi connectivity index (χ3n) is 3.56. The molecule has 0 spiro atoms. The lowest BCUT2D eigenvalue weighted by Crippen LogP contribution is -2.41. The van der Waals surface area contributed by atoms with Gasteiger partial charge in [0.1, 0.15) is 0 Å². The van der Waals surface area contributed by atoms with Gasteiger partial charge in [0.2, 0.25) is 6.79 Å². The average Bonchev–Trinajstić information content (AvgIpc) is 2.92. The van der Waals surface area contributed by atoms with Gasteiger partial charge in [0.25, 0.3) is 5.69 Å². The Balaban J connectivity index is 1.82. The van der Waals surface area contributed by atoms with E-state index in [1.54, 1.807) is 6.07 Å². The normalized spacial score (nSPS) is 18.4. The lowest BCUT2D eigenvalue weighted by atomic mass is 10.1. The second kappa shape index (κ2) is 5.57. The van der Waals surface area contributed by atoms with Crippen LogP contribution in [0, 0.1) is 10.1 Å². The number of fused-ring (bicyclic) bond motifs is 1. The summed E-state index contributed by atoms with van der Waals surface area (Å²) in [6.07, 6.45) is 1.52. The molecule has 3 rings (SSSR count). The molecule has 8 heteroatoms. The summed E-state index contributed by atoms with van der Waals surface area (Å²) in [7, 11) is 2.06. The molecule has 1 fully saturated rings. The van der Waals surface area contributed by atoms with Gasteiger partial charge in [-0.3, -0.25) is 15.1 Å². The smallest absolute Gasteiger partial charge is 0.282 e. The first kappa shape index (κ1) is 13.6. The molecular formula is C13H16N4O4. The number of benzene rings is 1. The number of piperazine rings is 1. The first-order valence-corrected chi connectivity index (χ1v) is 6.69. The minimum Gasteiger partial charge on any atom is -0.454 e. The van der Waals surface area contributed by atoms with Gasteiger partial charge in [0.05, 0.1) is 22.8 Å². The van der Waals surface area contributed by atoms with Gasteiger partial charge in [-0.05, 0) is 13.1 Å². The Bertz CT molecular complexity index is 582. The van der Waals surface area contributed by atoms with Crippen molar-refractivity contribution in [3.63, 3.8) is 0 Å². The van der Waals surface area contributed by atoms with E-state index in [-0.39, 0.29) is 12.5 Å². The zero-order chi connectivity index (χ0) is 14.8. The third kappa shape index (κ3) is 2.89. The van der Waals surface area contributed by atoms with Crippen LogP contribution in [0.25, 0.3) is 0 Å². The summed E-state index contributed by atoms with van der Waals surface area (Å²) >= 11 is 0. The Morgan fingerprint density at radius 1 is 1.24 bits per heavy atom. The highest BCUT2D eigenvalue weighted by atomic mass is 16.7. The average molecular weight is 292 g/mol. The largest absolute Gasteiger partial charge is 0.454 e. The predicted molar refractivity (Wildman–Crippen MR) is 75.9 cm³/mol. The molecule has 0 radical (unpaired) electrons. The number of rotatable bonds is 3. The van der Waals surface area contributed by atoms with E-state index in [0.717, 1.165) is 26.2 Å². The van der Waals surface area contributed by atoms with Crippen LogP contribution in [0.5, 0.6) is 11.5 Å². The quantitative estimate of drug-likeness (QED) is 0.468. The maximum atomic E-state index is 11.1. The van der Waals surface area contributed by atoms with Crippen LogP contribution < -0.4 is 9.47 Å². The van der Waals surface area contributed by atoms with E-state index in [1.165, 1.54) is 12.3 Å². The highest BCUT2D eigenvalue weighted by molar-refractivity contribution is 5.87. The Kier molecular flexibility index (Phi) is 3.61. The van der Waals surface area contributed by atoms with Crippen LogP contribution in [0.2, 0.25) is 0 Å². The van der Waals surface area contributed by atoms with Crippen molar-refractivity contribution < 1.29 is 14.4 Å². The zero-order valence-corrected chi connectivity index (χ0v) is 11.7. The highest BCUT2D eigenvalue weighted by Crippen LogP contribution is 2.37. The van der Waals surface area contributed by atoms with Gasteiger partial charge < -0.3 is 14.4 Å². The first-order valence-electron chi connectivity index (χ1n) is 6.69. The van der Waals surface area contributed by atoms with Crippen molar-refractivity contribution in [2.75, 3.05) is 40.0 Å². The van der Waals surface area contributed by atoms with Gasteiger partial charge in [0.15, 0.2) is 11.5 Å². The topological polar surface area (TPSA) is 80.4 Å². The van der Waals surface area contributed by atoms with Crippen molar-refractivity contribution >= 4 is 11.9 Å². The number of ether oxygens (including phenoxy) is 2. The lowest BCUT2D eigenvalue weighted by Gasteiger charge is -2.30. The molecule has 2 aliphatic rings. The monoisotopic (exact) mass is 292 g/mol. The maximum absolute atomic E-state index is 11.1. The number of hydrazone groups is 1. The number of nitro benzene ring substituents is 1. The van der Waals surface area contributed by atoms with Crippen LogP contribution in [-0.4, -0.2) is 61.1 Å². The fourth-order valence-electron chi connectivity index (χ4n) is 2.26. The number of likely N-dealkylation sites (N-methyl/N-ethyl adjacent to an activating group) is 1. The number of nitro groups is 1. The summed E-state index contributed by atoms with van der Waals surface area (Å²) in [5.41, 5.74) is 0.389. The molecule has 0 unspecified atom stereocenters. The number of hydrogen-bond acceptors (Lipinski definition) is 7. The summed E-state index contributed by atoms with van der Waals surface area (Å²) in [5, 5.41) is 17.4. The molecule has 0 saturated carbocycles. The molecule has 1 aromatic carbocycles. The maximum Gasteiger partial charge on any atom is 0.282 e. The number of nitrogens with zero attached hydrogens (tertiary/aromatic N) is 4. The summed E-state index contributed by atoms with van der Waals surface area (Å²) in [6.45, 7) is 3.57. The fourth-order valence-corrected chi connectivity index (χ4v) is 2.26. The van der Waals surface area contributed by atoms with Crippen LogP contribution in [0.4, 0.5) is 5.69 Å². The number of hydrogen-bond donors (Lipinski definition) is 0. The van der Waals surface area contributed by atoms with Crippen LogP contribution in [0.3, 0.4) is 0 Å². The summed E-state index contributed by atoms with van der Waals surface area (Å²) in [6, 6.07) is 2.98. The Labute approximate surface area is 121 Å². The van der Waals surface area contributed by atoms with Crippen molar-refractivity contribution in [2.45, 2.75) is 0 Å². The molecule has 0 aliphatic carbocycles. The minimum atomic E-state index is -0.437. The summed E-state index contributed by atoms with van der Waals surface area (Å²) < 4.78 is 10.4. The Morgan fingerprint density at radius 3 is 2.57 bits per heavy atom. The molecule has 1 aromatic rings. The molecule has 2 aliphatic heterocycles. The SMILES string of the molecule is CN1CCN(N=Cc2cc3c(cc2[N+](=O)[O-])OCO3)CC1.